The molecule has 1 amide bonds. The number of benzene rings is 1. The first-order valence-electron chi connectivity index (χ1n) is 7.75. The van der Waals surface area contributed by atoms with Crippen molar-refractivity contribution in [3.63, 3.8) is 0 Å². The maximum absolute atomic E-state index is 11.7. The highest BCUT2D eigenvalue weighted by Crippen LogP contribution is 2.13. The molecule has 2 aromatic rings. The second-order valence-corrected chi connectivity index (χ2v) is 5.47. The molecule has 1 aromatic carbocycles. The van der Waals surface area contributed by atoms with Crippen LogP contribution in [0.2, 0.25) is 0 Å². The number of rotatable bonds is 7. The van der Waals surface area contributed by atoms with Crippen molar-refractivity contribution in [2.24, 2.45) is 0 Å². The number of amides is 1. The molecule has 0 bridgehead atoms. The smallest absolute Gasteiger partial charge is 0.244 e. The summed E-state index contributed by atoms with van der Waals surface area (Å²) >= 11 is 0. The van der Waals surface area contributed by atoms with E-state index in [4.69, 9.17) is 4.74 Å². The van der Waals surface area contributed by atoms with E-state index in [1.165, 1.54) is 6.08 Å². The summed E-state index contributed by atoms with van der Waals surface area (Å²) in [6.45, 7) is 4.60. The fourth-order valence-corrected chi connectivity index (χ4v) is 2.04. The monoisotopic (exact) mass is 310 g/mol. The van der Waals surface area contributed by atoms with Crippen LogP contribution in [0, 0.1) is 0 Å². The van der Waals surface area contributed by atoms with E-state index < -0.39 is 0 Å². The van der Waals surface area contributed by atoms with Gasteiger partial charge in [0.1, 0.15) is 5.75 Å². The van der Waals surface area contributed by atoms with Crippen LogP contribution in [-0.2, 0) is 11.2 Å². The second kappa shape index (κ2) is 8.73. The molecular formula is C19H22N2O2. The molecule has 2 rings (SSSR count). The lowest BCUT2D eigenvalue weighted by molar-refractivity contribution is -0.116. The third-order valence-electron chi connectivity index (χ3n) is 3.12. The first-order chi connectivity index (χ1) is 11.1. The molecule has 1 heterocycles. The molecule has 1 N–H and O–H groups in total. The lowest BCUT2D eigenvalue weighted by Crippen LogP contribution is -2.23. The zero-order chi connectivity index (χ0) is 16.5. The summed E-state index contributed by atoms with van der Waals surface area (Å²) in [6, 6.07) is 11.7. The quantitative estimate of drug-likeness (QED) is 0.799. The summed E-state index contributed by atoms with van der Waals surface area (Å²) in [5.74, 6) is 0.765. The van der Waals surface area contributed by atoms with E-state index in [-0.39, 0.29) is 12.0 Å². The summed E-state index contributed by atoms with van der Waals surface area (Å²) in [6.07, 6.45) is 7.65. The van der Waals surface area contributed by atoms with Crippen LogP contribution >= 0.6 is 0 Å². The van der Waals surface area contributed by atoms with Crippen molar-refractivity contribution in [1.29, 1.82) is 0 Å². The van der Waals surface area contributed by atoms with Crippen LogP contribution in [0.5, 0.6) is 5.75 Å². The Morgan fingerprint density at radius 2 is 2.04 bits per heavy atom. The van der Waals surface area contributed by atoms with Crippen molar-refractivity contribution in [3.8, 4) is 5.75 Å². The molecule has 0 aliphatic rings. The summed E-state index contributed by atoms with van der Waals surface area (Å²) in [5.41, 5.74) is 2.07. The molecule has 0 fully saturated rings. The number of nitrogens with one attached hydrogen (secondary N) is 1. The Morgan fingerprint density at radius 3 is 2.70 bits per heavy atom. The van der Waals surface area contributed by atoms with Crippen molar-refractivity contribution < 1.29 is 9.53 Å². The zero-order valence-corrected chi connectivity index (χ0v) is 13.5. The number of ether oxygens (including phenoxy) is 1. The third kappa shape index (κ3) is 6.34. The largest absolute Gasteiger partial charge is 0.491 e. The fraction of sp³-hybridized carbons (Fsp3) is 0.263. The average molecular weight is 310 g/mol. The standard InChI is InChI=1S/C19H22N2O2/c1-15(2)23-18-8-5-16(6-9-18)11-13-21-19(22)10-7-17-4-3-12-20-14-17/h3-10,12,14-15H,11,13H2,1-2H3,(H,21,22)/b10-7+. The molecule has 4 nitrogen and oxygen atoms in total. The number of hydrogen-bond acceptors (Lipinski definition) is 3. The molecule has 0 saturated carbocycles. The highest BCUT2D eigenvalue weighted by atomic mass is 16.5. The molecule has 0 radical (unpaired) electrons. The molecule has 1 aromatic heterocycles. The first kappa shape index (κ1) is 16.7. The predicted octanol–water partition coefficient (Wildman–Crippen LogP) is 3.24. The van der Waals surface area contributed by atoms with Gasteiger partial charge in [0.05, 0.1) is 6.10 Å². The van der Waals surface area contributed by atoms with Gasteiger partial charge in [-0.25, -0.2) is 0 Å². The van der Waals surface area contributed by atoms with E-state index in [0.717, 1.165) is 23.3 Å². The predicted molar refractivity (Wildman–Crippen MR) is 92.2 cm³/mol. The minimum absolute atomic E-state index is 0.103. The van der Waals surface area contributed by atoms with Gasteiger partial charge in [-0.1, -0.05) is 18.2 Å². The molecule has 0 saturated heterocycles. The lowest BCUT2D eigenvalue weighted by Gasteiger charge is -2.10. The highest BCUT2D eigenvalue weighted by molar-refractivity contribution is 5.91. The number of aromatic nitrogens is 1. The fourth-order valence-electron chi connectivity index (χ4n) is 2.04. The summed E-state index contributed by atoms with van der Waals surface area (Å²) in [7, 11) is 0. The van der Waals surface area contributed by atoms with Gasteiger partial charge in [-0.3, -0.25) is 9.78 Å². The number of carbonyl (C=O) groups is 1. The molecule has 23 heavy (non-hydrogen) atoms. The normalized spacial score (nSPS) is 10.9. The van der Waals surface area contributed by atoms with E-state index >= 15 is 0 Å². The van der Waals surface area contributed by atoms with Crippen LogP contribution in [0.25, 0.3) is 6.08 Å². The van der Waals surface area contributed by atoms with Crippen molar-refractivity contribution in [1.82, 2.24) is 10.3 Å². The van der Waals surface area contributed by atoms with Crippen molar-refractivity contribution in [2.45, 2.75) is 26.4 Å². The molecular weight excluding hydrogens is 288 g/mol. The summed E-state index contributed by atoms with van der Waals surface area (Å²) in [4.78, 5) is 15.7. The highest BCUT2D eigenvalue weighted by Gasteiger charge is 1.99. The summed E-state index contributed by atoms with van der Waals surface area (Å²) in [5, 5.41) is 2.87. The lowest BCUT2D eigenvalue weighted by atomic mass is 10.1. The third-order valence-corrected chi connectivity index (χ3v) is 3.12. The maximum Gasteiger partial charge on any atom is 0.244 e. The minimum atomic E-state index is -0.103. The topological polar surface area (TPSA) is 51.2 Å². The number of hydrogen-bond donors (Lipinski definition) is 1. The molecule has 0 spiro atoms. The second-order valence-electron chi connectivity index (χ2n) is 5.47. The number of nitrogens with zero attached hydrogens (tertiary/aromatic N) is 1. The van der Waals surface area contributed by atoms with Gasteiger partial charge in [0.2, 0.25) is 5.91 Å². The van der Waals surface area contributed by atoms with E-state index in [9.17, 15) is 4.79 Å². The molecule has 0 aliphatic carbocycles. The Morgan fingerprint density at radius 1 is 1.26 bits per heavy atom. The van der Waals surface area contributed by atoms with Crippen molar-refractivity contribution >= 4 is 12.0 Å². The van der Waals surface area contributed by atoms with Crippen LogP contribution in [0.4, 0.5) is 0 Å². The van der Waals surface area contributed by atoms with Gasteiger partial charge in [0, 0.05) is 25.0 Å². The Kier molecular flexibility index (Phi) is 6.36. The van der Waals surface area contributed by atoms with Gasteiger partial charge in [-0.15, -0.1) is 0 Å². The van der Waals surface area contributed by atoms with Crippen LogP contribution in [0.3, 0.4) is 0 Å². The van der Waals surface area contributed by atoms with Crippen LogP contribution < -0.4 is 10.1 Å². The Labute approximate surface area is 137 Å². The Bertz CT molecular complexity index is 634. The van der Waals surface area contributed by atoms with E-state index in [0.29, 0.717) is 6.54 Å². The SMILES string of the molecule is CC(C)Oc1ccc(CCNC(=O)/C=C/c2cccnc2)cc1. The molecule has 4 heteroatoms. The molecule has 0 atom stereocenters. The van der Waals surface area contributed by atoms with Crippen LogP contribution in [0.1, 0.15) is 25.0 Å². The van der Waals surface area contributed by atoms with Gasteiger partial charge in [-0.2, -0.15) is 0 Å². The van der Waals surface area contributed by atoms with Gasteiger partial charge in [-0.05, 0) is 55.7 Å². The first-order valence-corrected chi connectivity index (χ1v) is 7.75. The van der Waals surface area contributed by atoms with Crippen LogP contribution in [-0.4, -0.2) is 23.5 Å². The van der Waals surface area contributed by atoms with Crippen LogP contribution in [0.15, 0.2) is 54.9 Å². The van der Waals surface area contributed by atoms with Crippen molar-refractivity contribution in [2.75, 3.05) is 6.54 Å². The van der Waals surface area contributed by atoms with Gasteiger partial charge in [0.25, 0.3) is 0 Å². The average Bonchev–Trinajstić information content (AvgIpc) is 2.55. The molecule has 0 aliphatic heterocycles. The Balaban J connectivity index is 1.74. The van der Waals surface area contributed by atoms with E-state index in [2.05, 4.69) is 10.3 Å². The Hall–Kier alpha value is -2.62. The number of carbonyl (C=O) groups excluding carboxylic acids is 1. The van der Waals surface area contributed by atoms with E-state index in [1.807, 2.05) is 50.2 Å². The van der Waals surface area contributed by atoms with Crippen molar-refractivity contribution in [3.05, 3.63) is 66.0 Å². The van der Waals surface area contributed by atoms with Gasteiger partial charge >= 0.3 is 0 Å². The number of pyridine rings is 1. The molecule has 0 unspecified atom stereocenters. The molecule has 120 valence electrons. The maximum atomic E-state index is 11.7. The van der Waals surface area contributed by atoms with Gasteiger partial charge < -0.3 is 10.1 Å². The van der Waals surface area contributed by atoms with Gasteiger partial charge in [0.15, 0.2) is 0 Å². The summed E-state index contributed by atoms with van der Waals surface area (Å²) < 4.78 is 5.60. The minimum Gasteiger partial charge on any atom is -0.491 e. The zero-order valence-electron chi connectivity index (χ0n) is 13.5. The van der Waals surface area contributed by atoms with E-state index in [1.54, 1.807) is 18.5 Å².